The minimum absolute atomic E-state index is 0.00282. The summed E-state index contributed by atoms with van der Waals surface area (Å²) in [4.78, 5) is 139. The van der Waals surface area contributed by atoms with Crippen molar-refractivity contribution in [3.8, 4) is 0 Å². The summed E-state index contributed by atoms with van der Waals surface area (Å²) < 4.78 is 5.68. The Morgan fingerprint density at radius 1 is 0.838 bits per heavy atom. The Hall–Kier alpha value is -7.59. The van der Waals surface area contributed by atoms with E-state index in [1.807, 2.05) is 50.3 Å². The monoisotopic (exact) mass is 1040 g/mol. The minimum atomic E-state index is -1.90. The number of aliphatic imine (C=N–C) groups is 1. The maximum absolute atomic E-state index is 14.4. The molecule has 0 radical (unpaired) electrons. The minimum Gasteiger partial charge on any atom is -0.480 e. The molecule has 0 spiro atoms. The number of benzene rings is 1. The van der Waals surface area contributed by atoms with Crippen molar-refractivity contribution in [3.05, 3.63) is 72.0 Å². The number of carboxylic acids is 2. The van der Waals surface area contributed by atoms with Crippen molar-refractivity contribution >= 4 is 65.2 Å². The van der Waals surface area contributed by atoms with Crippen LogP contribution in [-0.4, -0.2) is 136 Å². The SMILES string of the molecule is C=C1C(=O)NC(C)C(=O)NC(CC(C)CC)C(=O)NC(C(=O)O)C(C)C(=O)NC(CCCN=C(N)N)C(=O)NC(C=CC(C)=CC(C)C(Cc2ccccc2)OC(C)=O)C(C)C(=O)NC(C(=O)O)CCC(=O)N1C. The van der Waals surface area contributed by atoms with Crippen molar-refractivity contribution in [1.82, 2.24) is 36.8 Å². The fourth-order valence-electron chi connectivity index (χ4n) is 7.62. The first kappa shape index (κ1) is 62.5. The van der Waals surface area contributed by atoms with Crippen LogP contribution >= 0.6 is 0 Å². The lowest BCUT2D eigenvalue weighted by atomic mass is 9.94. The summed E-state index contributed by atoms with van der Waals surface area (Å²) in [5, 5.41) is 35.6. The Balaban J connectivity index is 2.77. The van der Waals surface area contributed by atoms with Crippen LogP contribution in [-0.2, 0) is 59.1 Å². The van der Waals surface area contributed by atoms with E-state index in [1.165, 1.54) is 40.8 Å². The molecule has 1 aliphatic rings. The van der Waals surface area contributed by atoms with Crippen molar-refractivity contribution in [2.45, 2.75) is 143 Å². The summed E-state index contributed by atoms with van der Waals surface area (Å²) >= 11 is 0. The molecule has 23 heteroatoms. The molecule has 1 saturated heterocycles. The molecule has 1 heterocycles. The zero-order valence-electron chi connectivity index (χ0n) is 43.8. The third-order valence-electron chi connectivity index (χ3n) is 12.6. The first-order valence-corrected chi connectivity index (χ1v) is 24.5. The van der Waals surface area contributed by atoms with Crippen molar-refractivity contribution in [2.75, 3.05) is 13.6 Å². The van der Waals surface area contributed by atoms with Crippen LogP contribution in [0.5, 0.6) is 0 Å². The summed E-state index contributed by atoms with van der Waals surface area (Å²) in [6, 6.07) is 0.448. The molecular weight excluding hydrogens is 961 g/mol. The molecule has 2 rings (SSSR count). The number of amides is 7. The molecule has 1 aromatic carbocycles. The van der Waals surface area contributed by atoms with Gasteiger partial charge in [-0.05, 0) is 51.0 Å². The van der Waals surface area contributed by atoms with Gasteiger partial charge in [0.25, 0.3) is 5.91 Å². The maximum Gasteiger partial charge on any atom is 0.327 e. The van der Waals surface area contributed by atoms with Crippen molar-refractivity contribution in [1.29, 1.82) is 0 Å². The van der Waals surface area contributed by atoms with E-state index in [9.17, 15) is 58.2 Å². The van der Waals surface area contributed by atoms with E-state index < -0.39 is 132 Å². The summed E-state index contributed by atoms with van der Waals surface area (Å²) in [6.45, 7) is 16.1. The second kappa shape index (κ2) is 30.4. The van der Waals surface area contributed by atoms with E-state index in [0.717, 1.165) is 10.5 Å². The van der Waals surface area contributed by atoms with Crippen LogP contribution in [0.3, 0.4) is 0 Å². The second-order valence-electron chi connectivity index (χ2n) is 18.8. The normalized spacial score (nSPS) is 25.0. The Labute approximate surface area is 432 Å². The van der Waals surface area contributed by atoms with Gasteiger partial charge in [0.15, 0.2) is 5.96 Å². The number of allylic oxidation sites excluding steroid dienone is 2. The van der Waals surface area contributed by atoms with E-state index in [2.05, 4.69) is 43.5 Å². The van der Waals surface area contributed by atoms with E-state index in [0.29, 0.717) is 18.4 Å². The Bertz CT molecular complexity index is 2280. The molecule has 1 fully saturated rings. The van der Waals surface area contributed by atoms with Crippen molar-refractivity contribution in [3.63, 3.8) is 0 Å². The van der Waals surface area contributed by atoms with Crippen LogP contribution in [0.1, 0.15) is 99.5 Å². The fraction of sp³-hybridized carbons (Fsp3) is 0.549. The van der Waals surface area contributed by atoms with Crippen molar-refractivity contribution in [2.24, 2.45) is 40.1 Å². The molecule has 0 aromatic heterocycles. The zero-order chi connectivity index (χ0) is 56.0. The quantitative estimate of drug-likeness (QED) is 0.0275. The van der Waals surface area contributed by atoms with Crippen LogP contribution in [0.25, 0.3) is 0 Å². The van der Waals surface area contributed by atoms with Gasteiger partial charge in [0.1, 0.15) is 42.0 Å². The van der Waals surface area contributed by atoms with Gasteiger partial charge in [0, 0.05) is 39.3 Å². The van der Waals surface area contributed by atoms with Gasteiger partial charge in [-0.1, -0.05) is 102 Å². The van der Waals surface area contributed by atoms with Gasteiger partial charge in [-0.2, -0.15) is 0 Å². The first-order chi connectivity index (χ1) is 34.7. The van der Waals surface area contributed by atoms with E-state index in [1.54, 1.807) is 19.9 Å². The van der Waals surface area contributed by atoms with Crippen LogP contribution < -0.4 is 43.4 Å². The first-order valence-electron chi connectivity index (χ1n) is 24.5. The number of hydrogen-bond acceptors (Lipinski definition) is 12. The van der Waals surface area contributed by atoms with Crippen molar-refractivity contribution < 1.29 is 62.9 Å². The highest BCUT2D eigenvalue weighted by Crippen LogP contribution is 2.20. The number of rotatable bonds is 16. The number of likely N-dealkylation sites (N-methyl/N-ethyl adjacent to an activating group) is 1. The standard InChI is InChI=1S/C51H76N10O13/c1-11-27(2)25-39-48(69)60-42(50(72)73)31(6)44(65)57-37(18-15-23-54-51(52)53)47(68)56-36(20-19-28(3)24-29(4)40(74-34(9)62)26-35-16-13-12-14-17-35)30(5)43(64)58-38(49(70)71)21-22-41(63)61(10)33(8)46(67)55-32(7)45(66)59-39/h12-14,16-17,19-20,24,27,29-32,36-40,42H,8,11,15,18,21-23,25-26H2,1-7,9-10H3,(H,55,67)(H,56,68)(H,57,65)(H,58,64)(H,59,66)(H,60,69)(H,70,71)(H,72,73)(H4,52,53,54). The lowest BCUT2D eigenvalue weighted by molar-refractivity contribution is -0.148. The second-order valence-corrected chi connectivity index (χ2v) is 18.8. The highest BCUT2D eigenvalue weighted by molar-refractivity contribution is 6.00. The van der Waals surface area contributed by atoms with Gasteiger partial charge in [-0.3, -0.25) is 43.3 Å². The Morgan fingerprint density at radius 3 is 2.03 bits per heavy atom. The molecule has 7 amide bonds. The molecule has 74 heavy (non-hydrogen) atoms. The highest BCUT2D eigenvalue weighted by Gasteiger charge is 2.37. The molecule has 1 aromatic rings. The van der Waals surface area contributed by atoms with E-state index in [-0.39, 0.29) is 43.6 Å². The lowest BCUT2D eigenvalue weighted by Crippen LogP contribution is -2.59. The largest absolute Gasteiger partial charge is 0.480 e. The number of carbonyl (C=O) groups is 10. The van der Waals surface area contributed by atoms with Crippen LogP contribution in [0.2, 0.25) is 0 Å². The predicted molar refractivity (Wildman–Crippen MR) is 274 cm³/mol. The Kier molecular flexibility index (Phi) is 25.7. The van der Waals surface area contributed by atoms with Gasteiger partial charge in [-0.15, -0.1) is 0 Å². The van der Waals surface area contributed by atoms with E-state index >= 15 is 0 Å². The molecule has 0 saturated carbocycles. The number of carbonyl (C=O) groups excluding carboxylic acids is 8. The van der Waals surface area contributed by atoms with E-state index in [4.69, 9.17) is 16.2 Å². The fourth-order valence-corrected chi connectivity index (χ4v) is 7.62. The number of nitrogens with two attached hydrogens (primary N) is 2. The molecular formula is C51H76N10O13. The highest BCUT2D eigenvalue weighted by atomic mass is 16.5. The summed E-state index contributed by atoms with van der Waals surface area (Å²) in [5.41, 5.74) is 12.1. The number of aliphatic carboxylic acids is 2. The average Bonchev–Trinajstić information content (AvgIpc) is 3.34. The molecule has 0 aliphatic carbocycles. The molecule has 11 unspecified atom stereocenters. The molecule has 23 nitrogen and oxygen atoms in total. The number of hydrogen-bond donors (Lipinski definition) is 10. The molecule has 408 valence electrons. The number of guanidine groups is 1. The number of nitrogens with zero attached hydrogens (tertiary/aromatic N) is 2. The Morgan fingerprint density at radius 2 is 1.45 bits per heavy atom. The van der Waals surface area contributed by atoms with Crippen LogP contribution in [0, 0.1) is 23.7 Å². The van der Waals surface area contributed by atoms with Gasteiger partial charge in [-0.25, -0.2) is 9.59 Å². The maximum atomic E-state index is 14.4. The van der Waals surface area contributed by atoms with Crippen LogP contribution in [0.15, 0.2) is 71.4 Å². The van der Waals surface area contributed by atoms with Gasteiger partial charge < -0.3 is 63.2 Å². The summed E-state index contributed by atoms with van der Waals surface area (Å²) in [6.07, 6.45) is 4.28. The van der Waals surface area contributed by atoms with Gasteiger partial charge in [0.05, 0.1) is 17.9 Å². The van der Waals surface area contributed by atoms with Crippen LogP contribution in [0.4, 0.5) is 0 Å². The average molecular weight is 1040 g/mol. The predicted octanol–water partition coefficient (Wildman–Crippen LogP) is 0.925. The zero-order valence-corrected chi connectivity index (χ0v) is 43.8. The third-order valence-corrected chi connectivity index (χ3v) is 12.6. The van der Waals surface area contributed by atoms with Gasteiger partial charge >= 0.3 is 17.9 Å². The third kappa shape index (κ3) is 20.9. The number of carboxylic acid groups (broad SMARTS) is 2. The molecule has 1 aliphatic heterocycles. The number of esters is 1. The molecule has 12 N–H and O–H groups in total. The number of nitrogens with one attached hydrogen (secondary N) is 6. The number of ether oxygens (including phenoxy) is 1. The van der Waals surface area contributed by atoms with Gasteiger partial charge in [0.2, 0.25) is 35.4 Å². The summed E-state index contributed by atoms with van der Waals surface area (Å²) in [5.74, 6) is -13.5. The lowest BCUT2D eigenvalue weighted by Gasteiger charge is -2.29. The molecule has 0 bridgehead atoms. The topological polar surface area (TPSA) is 360 Å². The summed E-state index contributed by atoms with van der Waals surface area (Å²) in [7, 11) is 1.20. The smallest absolute Gasteiger partial charge is 0.327 e. The molecule has 11 atom stereocenters.